The van der Waals surface area contributed by atoms with Gasteiger partial charge in [-0.1, -0.05) is 153 Å². The molecule has 1 aromatic heterocycles. The number of aromatic nitrogens is 1. The number of hydrogen-bond donors (Lipinski definition) is 0. The molecule has 1 aliphatic rings. The molecule has 0 saturated heterocycles. The molecule has 0 atom stereocenters. The number of fused-ring (bicyclic) bond motifs is 7. The van der Waals surface area contributed by atoms with Gasteiger partial charge in [-0.2, -0.15) is 0 Å². The van der Waals surface area contributed by atoms with Gasteiger partial charge in [0.2, 0.25) is 0 Å². The van der Waals surface area contributed by atoms with E-state index in [2.05, 4.69) is 230 Å². The van der Waals surface area contributed by atoms with Crippen molar-refractivity contribution in [2.45, 2.75) is 19.3 Å². The first-order chi connectivity index (χ1) is 28.0. The van der Waals surface area contributed by atoms with Gasteiger partial charge in [0.1, 0.15) is 0 Å². The first-order valence-electron chi connectivity index (χ1n) is 19.8. The maximum Gasteiger partial charge on any atom is 0.0541 e. The molecule has 0 saturated carbocycles. The van der Waals surface area contributed by atoms with E-state index in [1.54, 1.807) is 0 Å². The molecule has 0 unspecified atom stereocenters. The fraction of sp³-hybridized carbons (Fsp3) is 0.0545. The lowest BCUT2D eigenvalue weighted by molar-refractivity contribution is 0.660. The summed E-state index contributed by atoms with van der Waals surface area (Å²) in [6.07, 6.45) is 0. The second kappa shape index (κ2) is 13.0. The second-order valence-electron chi connectivity index (χ2n) is 15.8. The molecule has 2 heteroatoms. The summed E-state index contributed by atoms with van der Waals surface area (Å²) in [7, 11) is 0. The highest BCUT2D eigenvalue weighted by atomic mass is 15.1. The average Bonchev–Trinajstić information content (AvgIpc) is 3.72. The Labute approximate surface area is 333 Å². The lowest BCUT2D eigenvalue weighted by Crippen LogP contribution is -2.16. The van der Waals surface area contributed by atoms with Crippen LogP contribution in [-0.4, -0.2) is 4.57 Å². The summed E-state index contributed by atoms with van der Waals surface area (Å²) < 4.78 is 2.37. The highest BCUT2D eigenvalue weighted by Gasteiger charge is 2.35. The number of rotatable bonds is 6. The summed E-state index contributed by atoms with van der Waals surface area (Å²) in [6.45, 7) is 4.71. The number of hydrogen-bond acceptors (Lipinski definition) is 1. The molecule has 0 spiro atoms. The third kappa shape index (κ3) is 5.40. The molecule has 0 bridgehead atoms. The van der Waals surface area contributed by atoms with Gasteiger partial charge in [-0.15, -0.1) is 0 Å². The molecule has 57 heavy (non-hydrogen) atoms. The second-order valence-corrected chi connectivity index (χ2v) is 15.8. The smallest absolute Gasteiger partial charge is 0.0541 e. The summed E-state index contributed by atoms with van der Waals surface area (Å²) >= 11 is 0. The molecule has 0 radical (unpaired) electrons. The van der Waals surface area contributed by atoms with Gasteiger partial charge in [0.05, 0.1) is 11.0 Å². The zero-order chi connectivity index (χ0) is 38.1. The molecule has 9 aromatic carbocycles. The third-order valence-corrected chi connectivity index (χ3v) is 12.2. The number of benzene rings is 9. The minimum absolute atomic E-state index is 0.0911. The first-order valence-corrected chi connectivity index (χ1v) is 19.8. The van der Waals surface area contributed by atoms with Gasteiger partial charge in [-0.05, 0) is 122 Å². The van der Waals surface area contributed by atoms with Crippen molar-refractivity contribution >= 4 is 49.6 Å². The monoisotopic (exact) mass is 728 g/mol. The van der Waals surface area contributed by atoms with Gasteiger partial charge in [0.25, 0.3) is 0 Å². The Morgan fingerprint density at radius 2 is 0.877 bits per heavy atom. The zero-order valence-corrected chi connectivity index (χ0v) is 32.0. The molecule has 0 aliphatic heterocycles. The minimum atomic E-state index is -0.0911. The molecule has 11 rings (SSSR count). The summed E-state index contributed by atoms with van der Waals surface area (Å²) in [6, 6.07) is 75.6. The van der Waals surface area contributed by atoms with Crippen molar-refractivity contribution in [3.05, 3.63) is 217 Å². The number of anilines is 3. The number of nitrogens with zero attached hydrogens (tertiary/aromatic N) is 2. The van der Waals surface area contributed by atoms with Gasteiger partial charge in [0.15, 0.2) is 0 Å². The van der Waals surface area contributed by atoms with Crippen LogP contribution < -0.4 is 4.90 Å². The summed E-state index contributed by atoms with van der Waals surface area (Å²) in [5.41, 5.74) is 17.2. The Kier molecular flexibility index (Phi) is 7.55. The molecule has 0 N–H and O–H groups in total. The van der Waals surface area contributed by atoms with E-state index in [1.807, 2.05) is 0 Å². The molecule has 0 fully saturated rings. The normalized spacial score (nSPS) is 12.9. The Morgan fingerprint density at radius 3 is 1.63 bits per heavy atom. The molecule has 2 nitrogen and oxygen atoms in total. The largest absolute Gasteiger partial charge is 0.310 e. The van der Waals surface area contributed by atoms with Crippen LogP contribution in [0.1, 0.15) is 25.0 Å². The highest BCUT2D eigenvalue weighted by molar-refractivity contribution is 6.09. The Bertz CT molecular complexity index is 3080. The Morgan fingerprint density at radius 1 is 0.368 bits per heavy atom. The molecule has 1 aliphatic carbocycles. The predicted octanol–water partition coefficient (Wildman–Crippen LogP) is 15.0. The van der Waals surface area contributed by atoms with Crippen molar-refractivity contribution in [3.8, 4) is 39.1 Å². The Hall–Kier alpha value is -7.16. The van der Waals surface area contributed by atoms with Gasteiger partial charge >= 0.3 is 0 Å². The lowest BCUT2D eigenvalue weighted by Gasteiger charge is -2.28. The molecule has 10 aromatic rings. The SMILES string of the molecule is CC1(C)c2ccccc2-c2ccc(N(c3ccc(-c4ccccc4)cc3)c3ccc4cc(-c5ccc(-n6c7ccccc7c7ccccc76)cc5)ccc4c3)cc21. The van der Waals surface area contributed by atoms with Crippen LogP contribution in [0.3, 0.4) is 0 Å². The van der Waals surface area contributed by atoms with Crippen molar-refractivity contribution in [3.63, 3.8) is 0 Å². The van der Waals surface area contributed by atoms with Crippen LogP contribution in [0, 0.1) is 0 Å². The van der Waals surface area contributed by atoms with E-state index >= 15 is 0 Å². The van der Waals surface area contributed by atoms with Crippen molar-refractivity contribution in [2.24, 2.45) is 0 Å². The summed E-state index contributed by atoms with van der Waals surface area (Å²) in [5.74, 6) is 0. The van der Waals surface area contributed by atoms with Crippen molar-refractivity contribution < 1.29 is 0 Å². The van der Waals surface area contributed by atoms with E-state index < -0.39 is 0 Å². The van der Waals surface area contributed by atoms with Crippen LogP contribution in [0.15, 0.2) is 206 Å². The minimum Gasteiger partial charge on any atom is -0.310 e. The van der Waals surface area contributed by atoms with E-state index in [1.165, 1.54) is 77.1 Å². The predicted molar refractivity (Wildman–Crippen MR) is 241 cm³/mol. The molecular weight excluding hydrogens is 689 g/mol. The fourth-order valence-electron chi connectivity index (χ4n) is 9.27. The van der Waals surface area contributed by atoms with E-state index in [0.29, 0.717) is 0 Å². The molecule has 270 valence electrons. The van der Waals surface area contributed by atoms with E-state index in [4.69, 9.17) is 0 Å². The molecular formula is C55H40N2. The van der Waals surface area contributed by atoms with Crippen LogP contribution in [-0.2, 0) is 5.41 Å². The Balaban J connectivity index is 0.970. The van der Waals surface area contributed by atoms with Crippen molar-refractivity contribution in [2.75, 3.05) is 4.90 Å². The molecule has 1 heterocycles. The lowest BCUT2D eigenvalue weighted by atomic mass is 9.82. The van der Waals surface area contributed by atoms with Gasteiger partial charge in [-0.25, -0.2) is 0 Å². The molecule has 0 amide bonds. The van der Waals surface area contributed by atoms with E-state index in [0.717, 1.165) is 22.7 Å². The van der Waals surface area contributed by atoms with Crippen LogP contribution in [0.2, 0.25) is 0 Å². The average molecular weight is 729 g/mol. The topological polar surface area (TPSA) is 8.17 Å². The van der Waals surface area contributed by atoms with Crippen LogP contribution in [0.4, 0.5) is 17.1 Å². The summed E-state index contributed by atoms with van der Waals surface area (Å²) in [5, 5.41) is 4.98. The van der Waals surface area contributed by atoms with Gasteiger partial charge in [-0.3, -0.25) is 0 Å². The number of para-hydroxylation sites is 2. The van der Waals surface area contributed by atoms with E-state index in [9.17, 15) is 0 Å². The first kappa shape index (κ1) is 33.2. The van der Waals surface area contributed by atoms with Gasteiger partial charge in [0, 0.05) is 38.9 Å². The zero-order valence-electron chi connectivity index (χ0n) is 32.0. The van der Waals surface area contributed by atoms with Crippen LogP contribution >= 0.6 is 0 Å². The van der Waals surface area contributed by atoms with Crippen molar-refractivity contribution in [1.29, 1.82) is 0 Å². The summed E-state index contributed by atoms with van der Waals surface area (Å²) in [4.78, 5) is 2.41. The van der Waals surface area contributed by atoms with Crippen LogP contribution in [0.25, 0.3) is 71.6 Å². The quantitative estimate of drug-likeness (QED) is 0.165. The maximum absolute atomic E-state index is 2.41. The maximum atomic E-state index is 2.41. The standard InChI is InChI=1S/C55H40N2/c1-55(2)51-17-9-6-14-47(51)48-33-32-46(36-52(48)55)56(43-27-22-38(23-28-43)37-12-4-3-5-13-37)45-31-26-41-34-40(20-21-42(41)35-45)39-24-29-44(30-25-39)57-53-18-10-7-15-49(53)50-16-8-11-19-54(50)57/h3-36H,1-2H3. The fourth-order valence-corrected chi connectivity index (χ4v) is 9.27. The third-order valence-electron chi connectivity index (χ3n) is 12.2. The van der Waals surface area contributed by atoms with Crippen LogP contribution in [0.5, 0.6) is 0 Å². The van der Waals surface area contributed by atoms with E-state index in [-0.39, 0.29) is 5.41 Å². The highest BCUT2D eigenvalue weighted by Crippen LogP contribution is 2.51. The van der Waals surface area contributed by atoms with Gasteiger partial charge < -0.3 is 9.47 Å². The van der Waals surface area contributed by atoms with Crippen molar-refractivity contribution in [1.82, 2.24) is 4.57 Å².